The van der Waals surface area contributed by atoms with E-state index < -0.39 is 0 Å². The van der Waals surface area contributed by atoms with Crippen LogP contribution in [0.2, 0.25) is 0 Å². The first-order valence-corrected chi connectivity index (χ1v) is 6.34. The van der Waals surface area contributed by atoms with E-state index in [2.05, 4.69) is 35.9 Å². The number of carbonyl (C=O) groups excluding carboxylic acids is 1. The summed E-state index contributed by atoms with van der Waals surface area (Å²) in [5.74, 6) is 0.316. The van der Waals surface area contributed by atoms with E-state index in [1.165, 1.54) is 16.5 Å². The molecular weight excluding hydrogens is 210 g/mol. The Morgan fingerprint density at radius 3 is 2.71 bits per heavy atom. The van der Waals surface area contributed by atoms with Gasteiger partial charge in [0, 0.05) is 23.5 Å². The molecule has 0 amide bonds. The Balaban J connectivity index is 2.37. The van der Waals surface area contributed by atoms with Crippen molar-refractivity contribution in [2.24, 2.45) is 0 Å². The van der Waals surface area contributed by atoms with Crippen LogP contribution in [0.5, 0.6) is 0 Å². The lowest BCUT2D eigenvalue weighted by molar-refractivity contribution is -0.119. The first-order chi connectivity index (χ1) is 8.26. The van der Waals surface area contributed by atoms with E-state index in [1.807, 2.05) is 13.0 Å². The van der Waals surface area contributed by atoms with Crippen LogP contribution in [-0.4, -0.2) is 10.4 Å². The van der Waals surface area contributed by atoms with Gasteiger partial charge in [-0.2, -0.15) is 0 Å². The van der Waals surface area contributed by atoms with Gasteiger partial charge in [0.15, 0.2) is 5.78 Å². The summed E-state index contributed by atoms with van der Waals surface area (Å²) in [7, 11) is 0. The van der Waals surface area contributed by atoms with E-state index in [1.54, 1.807) is 0 Å². The Kier molecular flexibility index (Phi) is 3.62. The van der Waals surface area contributed by atoms with Gasteiger partial charge in [-0.05, 0) is 24.5 Å². The van der Waals surface area contributed by atoms with Crippen molar-refractivity contribution in [2.45, 2.75) is 39.7 Å². The quantitative estimate of drug-likeness (QED) is 0.768. The number of carbonyl (C=O) groups is 1. The van der Waals surface area contributed by atoms with Crippen molar-refractivity contribution in [1.82, 2.24) is 4.57 Å². The van der Waals surface area contributed by atoms with Crippen LogP contribution in [0.25, 0.3) is 10.9 Å². The molecule has 0 unspecified atom stereocenters. The molecule has 0 fully saturated rings. The zero-order chi connectivity index (χ0) is 12.3. The number of para-hydroxylation sites is 1. The van der Waals surface area contributed by atoms with Crippen LogP contribution in [0.4, 0.5) is 0 Å². The molecular formula is C15H19NO. The molecule has 2 rings (SSSR count). The summed E-state index contributed by atoms with van der Waals surface area (Å²) in [4.78, 5) is 11.7. The molecule has 1 heterocycles. The largest absolute Gasteiger partial charge is 0.340 e. The lowest BCUT2D eigenvalue weighted by atomic mass is 10.1. The van der Waals surface area contributed by atoms with E-state index in [9.17, 15) is 4.79 Å². The summed E-state index contributed by atoms with van der Waals surface area (Å²) >= 11 is 0. The maximum atomic E-state index is 11.7. The number of aryl methyl sites for hydroxylation is 1. The van der Waals surface area contributed by atoms with Gasteiger partial charge in [0.1, 0.15) is 0 Å². The van der Waals surface area contributed by atoms with Gasteiger partial charge in [0.05, 0.1) is 6.54 Å². The molecule has 1 aromatic carbocycles. The number of Topliss-reactive ketones (excluding diaryl/α,β-unsaturated/α-hetero) is 1. The van der Waals surface area contributed by atoms with E-state index in [4.69, 9.17) is 0 Å². The number of hydrogen-bond acceptors (Lipinski definition) is 1. The first-order valence-electron chi connectivity index (χ1n) is 6.34. The normalized spacial score (nSPS) is 10.9. The van der Waals surface area contributed by atoms with Gasteiger partial charge in [-0.3, -0.25) is 4.79 Å². The molecule has 2 heteroatoms. The van der Waals surface area contributed by atoms with Crippen LogP contribution in [0.1, 0.15) is 32.3 Å². The Morgan fingerprint density at radius 2 is 2.00 bits per heavy atom. The molecule has 0 atom stereocenters. The van der Waals surface area contributed by atoms with Crippen LogP contribution in [0.15, 0.2) is 30.5 Å². The minimum atomic E-state index is 0.316. The van der Waals surface area contributed by atoms with Gasteiger partial charge < -0.3 is 4.57 Å². The first kappa shape index (κ1) is 11.9. The number of hydrogen-bond donors (Lipinski definition) is 0. The monoisotopic (exact) mass is 229 g/mol. The second-order valence-electron chi connectivity index (χ2n) is 4.44. The van der Waals surface area contributed by atoms with Crippen molar-refractivity contribution in [3.05, 3.63) is 36.0 Å². The SMILES string of the molecule is CCCC(=O)Cn1cc(CC)c2ccccc21. The third-order valence-corrected chi connectivity index (χ3v) is 3.13. The molecule has 1 aromatic heterocycles. The van der Waals surface area contributed by atoms with E-state index >= 15 is 0 Å². The highest BCUT2D eigenvalue weighted by Gasteiger charge is 2.09. The van der Waals surface area contributed by atoms with E-state index in [0.29, 0.717) is 18.7 Å². The molecule has 0 aliphatic carbocycles. The molecule has 0 N–H and O–H groups in total. The molecule has 0 radical (unpaired) electrons. The number of rotatable bonds is 5. The van der Waals surface area contributed by atoms with E-state index in [-0.39, 0.29) is 0 Å². The summed E-state index contributed by atoms with van der Waals surface area (Å²) < 4.78 is 2.09. The number of nitrogens with zero attached hydrogens (tertiary/aromatic N) is 1. The lowest BCUT2D eigenvalue weighted by Gasteiger charge is -2.03. The fraction of sp³-hybridized carbons (Fsp3) is 0.400. The Hall–Kier alpha value is -1.57. The highest BCUT2D eigenvalue weighted by Crippen LogP contribution is 2.21. The second-order valence-corrected chi connectivity index (χ2v) is 4.44. The number of aromatic nitrogens is 1. The summed E-state index contributed by atoms with van der Waals surface area (Å²) in [6, 6.07) is 8.31. The van der Waals surface area contributed by atoms with Crippen molar-refractivity contribution in [3.8, 4) is 0 Å². The standard InChI is InChI=1S/C15H19NO/c1-3-7-13(17)11-16-10-12(4-2)14-8-5-6-9-15(14)16/h5-6,8-10H,3-4,7,11H2,1-2H3. The molecule has 0 spiro atoms. The van der Waals surface area contributed by atoms with Gasteiger partial charge in [-0.1, -0.05) is 32.0 Å². The van der Waals surface area contributed by atoms with Crippen molar-refractivity contribution >= 4 is 16.7 Å². The van der Waals surface area contributed by atoms with Gasteiger partial charge in [-0.15, -0.1) is 0 Å². The Labute approximate surface area is 102 Å². The summed E-state index contributed by atoms with van der Waals surface area (Å²) in [5.41, 5.74) is 2.50. The number of benzene rings is 1. The summed E-state index contributed by atoms with van der Waals surface area (Å²) in [6.45, 7) is 4.71. The summed E-state index contributed by atoms with van der Waals surface area (Å²) in [5, 5.41) is 1.28. The predicted octanol–water partition coefficient (Wildman–Crippen LogP) is 3.57. The Bertz CT molecular complexity index is 525. The van der Waals surface area contributed by atoms with Crippen molar-refractivity contribution in [1.29, 1.82) is 0 Å². The fourth-order valence-electron chi connectivity index (χ4n) is 2.28. The van der Waals surface area contributed by atoms with Gasteiger partial charge in [0.2, 0.25) is 0 Å². The predicted molar refractivity (Wildman–Crippen MR) is 71.2 cm³/mol. The highest BCUT2D eigenvalue weighted by molar-refractivity contribution is 5.86. The summed E-state index contributed by atoms with van der Waals surface area (Å²) in [6.07, 6.45) is 4.74. The molecule has 2 nitrogen and oxygen atoms in total. The zero-order valence-corrected chi connectivity index (χ0v) is 10.6. The van der Waals surface area contributed by atoms with Crippen LogP contribution >= 0.6 is 0 Å². The van der Waals surface area contributed by atoms with Crippen molar-refractivity contribution in [2.75, 3.05) is 0 Å². The van der Waals surface area contributed by atoms with Gasteiger partial charge in [-0.25, -0.2) is 0 Å². The van der Waals surface area contributed by atoms with Crippen LogP contribution in [0.3, 0.4) is 0 Å². The van der Waals surface area contributed by atoms with Gasteiger partial charge in [0.25, 0.3) is 0 Å². The molecule has 17 heavy (non-hydrogen) atoms. The third-order valence-electron chi connectivity index (χ3n) is 3.13. The lowest BCUT2D eigenvalue weighted by Crippen LogP contribution is -2.08. The highest BCUT2D eigenvalue weighted by atomic mass is 16.1. The minimum absolute atomic E-state index is 0.316. The molecule has 90 valence electrons. The Morgan fingerprint density at radius 1 is 1.24 bits per heavy atom. The van der Waals surface area contributed by atoms with Crippen molar-refractivity contribution < 1.29 is 4.79 Å². The van der Waals surface area contributed by atoms with Gasteiger partial charge >= 0.3 is 0 Å². The average molecular weight is 229 g/mol. The molecule has 0 saturated heterocycles. The number of fused-ring (bicyclic) bond motifs is 1. The molecule has 0 aliphatic rings. The van der Waals surface area contributed by atoms with Crippen LogP contribution in [0, 0.1) is 0 Å². The second kappa shape index (κ2) is 5.17. The molecule has 0 aliphatic heterocycles. The fourth-order valence-corrected chi connectivity index (χ4v) is 2.28. The topological polar surface area (TPSA) is 22.0 Å². The minimum Gasteiger partial charge on any atom is -0.340 e. The molecule has 0 bridgehead atoms. The maximum Gasteiger partial charge on any atom is 0.152 e. The van der Waals surface area contributed by atoms with Crippen LogP contribution < -0.4 is 0 Å². The van der Waals surface area contributed by atoms with Crippen molar-refractivity contribution in [3.63, 3.8) is 0 Å². The smallest absolute Gasteiger partial charge is 0.152 e. The number of ketones is 1. The van der Waals surface area contributed by atoms with Crippen LogP contribution in [-0.2, 0) is 17.8 Å². The average Bonchev–Trinajstić information content (AvgIpc) is 2.68. The zero-order valence-electron chi connectivity index (χ0n) is 10.6. The molecule has 2 aromatic rings. The van der Waals surface area contributed by atoms with E-state index in [0.717, 1.165) is 12.8 Å². The molecule has 0 saturated carbocycles. The maximum absolute atomic E-state index is 11.7. The third kappa shape index (κ3) is 2.41.